The lowest BCUT2D eigenvalue weighted by Gasteiger charge is -2.23. The Morgan fingerprint density at radius 1 is 1.13 bits per heavy atom. The number of aromatic nitrogens is 6. The molecule has 0 fully saturated rings. The van der Waals surface area contributed by atoms with Gasteiger partial charge in [-0.05, 0) is 47.5 Å². The molecule has 5 N–H and O–H groups in total. The number of hydrogen-bond donors (Lipinski definition) is 5. The van der Waals surface area contributed by atoms with E-state index >= 15 is 0 Å². The number of aryl methyl sites for hydroxylation is 2. The molecule has 0 aliphatic rings. The van der Waals surface area contributed by atoms with Gasteiger partial charge in [0, 0.05) is 0 Å². The lowest BCUT2D eigenvalue weighted by atomic mass is 10.1. The SMILES string of the molecule is Cc1cc2nc(-c3nnnn3CC(=O)O)c(=O)n(C[C@H](O)[C@H](O)[C@H](O)CO)c2cc1C. The molecule has 166 valence electrons. The predicted octanol–water partition coefficient (Wildman–Crippen LogP) is -2.17. The van der Waals surface area contributed by atoms with Crippen LogP contribution in [0.5, 0.6) is 0 Å². The molecule has 0 spiro atoms. The van der Waals surface area contributed by atoms with E-state index in [1.165, 1.54) is 0 Å². The first-order chi connectivity index (χ1) is 14.6. The summed E-state index contributed by atoms with van der Waals surface area (Å²) in [6.45, 7) is 1.85. The molecule has 1 aromatic carbocycles. The minimum Gasteiger partial charge on any atom is -0.480 e. The van der Waals surface area contributed by atoms with E-state index in [1.54, 1.807) is 12.1 Å². The minimum absolute atomic E-state index is 0.174. The summed E-state index contributed by atoms with van der Waals surface area (Å²) in [5.74, 6) is -1.40. The summed E-state index contributed by atoms with van der Waals surface area (Å²) in [5.41, 5.74) is 1.44. The molecule has 13 nitrogen and oxygen atoms in total. The Kier molecular flexibility index (Phi) is 6.40. The number of aliphatic hydroxyl groups is 4. The molecular weight excluding hydrogens is 412 g/mol. The molecule has 0 aliphatic carbocycles. The maximum absolute atomic E-state index is 13.3. The first kappa shape index (κ1) is 22.4. The zero-order chi connectivity index (χ0) is 22.9. The van der Waals surface area contributed by atoms with Crippen molar-refractivity contribution in [3.8, 4) is 11.5 Å². The Morgan fingerprint density at radius 3 is 2.45 bits per heavy atom. The Labute approximate surface area is 174 Å². The van der Waals surface area contributed by atoms with Gasteiger partial charge in [-0.15, -0.1) is 5.10 Å². The lowest BCUT2D eigenvalue weighted by molar-refractivity contribution is -0.137. The van der Waals surface area contributed by atoms with Crippen molar-refractivity contribution in [3.63, 3.8) is 0 Å². The van der Waals surface area contributed by atoms with Crippen molar-refractivity contribution in [1.82, 2.24) is 29.8 Å². The second kappa shape index (κ2) is 8.85. The van der Waals surface area contributed by atoms with Gasteiger partial charge in [0.1, 0.15) is 24.9 Å². The minimum atomic E-state index is -1.72. The zero-order valence-electron chi connectivity index (χ0n) is 16.7. The fourth-order valence-electron chi connectivity index (χ4n) is 3.09. The van der Waals surface area contributed by atoms with Gasteiger partial charge in [-0.1, -0.05) is 0 Å². The summed E-state index contributed by atoms with van der Waals surface area (Å²) in [6, 6.07) is 3.39. The van der Waals surface area contributed by atoms with Crippen molar-refractivity contribution in [3.05, 3.63) is 33.6 Å². The van der Waals surface area contributed by atoms with Gasteiger partial charge in [0.15, 0.2) is 5.69 Å². The van der Waals surface area contributed by atoms with E-state index in [1.807, 2.05) is 13.8 Å². The third-order valence-corrected chi connectivity index (χ3v) is 4.94. The van der Waals surface area contributed by atoms with Gasteiger partial charge in [0.05, 0.1) is 24.2 Å². The standard InChI is InChI=1S/C18H22N6O7/c1-8-3-10-11(4-9(8)2)23(5-12(26)16(30)13(27)7-25)18(31)15(19-10)17-20-21-22-24(17)6-14(28)29/h3-4,12-13,16,25-27,30H,5-7H2,1-2H3,(H,28,29)/t12-,13+,16-/m0/s1. The number of fused-ring (bicyclic) bond motifs is 1. The first-order valence-electron chi connectivity index (χ1n) is 9.29. The first-order valence-corrected chi connectivity index (χ1v) is 9.29. The van der Waals surface area contributed by atoms with Gasteiger partial charge in [0.2, 0.25) is 5.82 Å². The van der Waals surface area contributed by atoms with E-state index in [0.717, 1.165) is 20.4 Å². The molecule has 0 amide bonds. The lowest BCUT2D eigenvalue weighted by Crippen LogP contribution is -2.43. The van der Waals surface area contributed by atoms with E-state index < -0.39 is 49.5 Å². The highest BCUT2D eigenvalue weighted by Crippen LogP contribution is 2.20. The fraction of sp³-hybridized carbons (Fsp3) is 0.444. The number of aliphatic hydroxyl groups excluding tert-OH is 4. The largest absolute Gasteiger partial charge is 0.480 e. The molecule has 0 aliphatic heterocycles. The molecule has 0 bridgehead atoms. The molecule has 3 rings (SSSR count). The third kappa shape index (κ3) is 4.44. The normalized spacial score (nSPS) is 14.5. The molecule has 0 unspecified atom stereocenters. The average Bonchev–Trinajstić information content (AvgIpc) is 3.17. The number of benzene rings is 1. The van der Waals surface area contributed by atoms with Crippen molar-refractivity contribution >= 4 is 17.0 Å². The van der Waals surface area contributed by atoms with Gasteiger partial charge in [-0.3, -0.25) is 9.59 Å². The predicted molar refractivity (Wildman–Crippen MR) is 105 cm³/mol. The van der Waals surface area contributed by atoms with E-state index in [0.29, 0.717) is 11.0 Å². The molecule has 2 aromatic heterocycles. The Morgan fingerprint density at radius 2 is 1.81 bits per heavy atom. The average molecular weight is 434 g/mol. The van der Waals surface area contributed by atoms with Crippen molar-refractivity contribution in [1.29, 1.82) is 0 Å². The summed E-state index contributed by atoms with van der Waals surface area (Å²) >= 11 is 0. The third-order valence-electron chi connectivity index (χ3n) is 4.94. The number of rotatable bonds is 8. The molecule has 31 heavy (non-hydrogen) atoms. The molecule has 3 aromatic rings. The number of tetrazole rings is 1. The number of hydrogen-bond acceptors (Lipinski definition) is 10. The van der Waals surface area contributed by atoms with Gasteiger partial charge >= 0.3 is 5.97 Å². The molecule has 0 saturated carbocycles. The van der Waals surface area contributed by atoms with Crippen LogP contribution in [0.3, 0.4) is 0 Å². The van der Waals surface area contributed by atoms with Gasteiger partial charge < -0.3 is 30.1 Å². The highest BCUT2D eigenvalue weighted by Gasteiger charge is 2.27. The Bertz CT molecular complexity index is 1170. The van der Waals surface area contributed by atoms with Crippen LogP contribution in [0, 0.1) is 13.8 Å². The maximum Gasteiger partial charge on any atom is 0.325 e. The summed E-state index contributed by atoms with van der Waals surface area (Å²) < 4.78 is 2.05. The number of carbonyl (C=O) groups is 1. The highest BCUT2D eigenvalue weighted by atomic mass is 16.4. The van der Waals surface area contributed by atoms with E-state index in [-0.39, 0.29) is 11.5 Å². The van der Waals surface area contributed by atoms with Crippen LogP contribution in [0.1, 0.15) is 11.1 Å². The molecule has 13 heteroatoms. The monoisotopic (exact) mass is 434 g/mol. The highest BCUT2D eigenvalue weighted by molar-refractivity contribution is 5.79. The van der Waals surface area contributed by atoms with Crippen molar-refractivity contribution in [2.24, 2.45) is 0 Å². The van der Waals surface area contributed by atoms with Crippen LogP contribution >= 0.6 is 0 Å². The number of carboxylic acids is 1. The van der Waals surface area contributed by atoms with Crippen LogP contribution in [-0.2, 0) is 17.9 Å². The summed E-state index contributed by atoms with van der Waals surface area (Å²) in [4.78, 5) is 28.7. The van der Waals surface area contributed by atoms with Crippen LogP contribution in [0.25, 0.3) is 22.6 Å². The second-order valence-corrected chi connectivity index (χ2v) is 7.16. The fourth-order valence-corrected chi connectivity index (χ4v) is 3.09. The van der Waals surface area contributed by atoms with E-state index in [9.17, 15) is 24.9 Å². The number of nitrogens with zero attached hydrogens (tertiary/aromatic N) is 6. The maximum atomic E-state index is 13.3. The quantitative estimate of drug-likeness (QED) is 0.258. The number of carboxylic acid groups (broad SMARTS) is 1. The molecule has 0 radical (unpaired) electrons. The molecule has 0 saturated heterocycles. The van der Waals surface area contributed by atoms with Crippen LogP contribution < -0.4 is 5.56 Å². The topological polar surface area (TPSA) is 197 Å². The van der Waals surface area contributed by atoms with Crippen LogP contribution in [0.15, 0.2) is 16.9 Å². The molecule has 2 heterocycles. The molecule has 3 atom stereocenters. The van der Waals surface area contributed by atoms with Crippen LogP contribution in [0.4, 0.5) is 0 Å². The summed E-state index contributed by atoms with van der Waals surface area (Å²) in [5, 5.41) is 58.8. The smallest absolute Gasteiger partial charge is 0.325 e. The van der Waals surface area contributed by atoms with Gasteiger partial charge in [-0.2, -0.15) is 0 Å². The van der Waals surface area contributed by atoms with Crippen molar-refractivity contribution in [2.45, 2.75) is 45.2 Å². The van der Waals surface area contributed by atoms with Gasteiger partial charge in [0.25, 0.3) is 5.56 Å². The van der Waals surface area contributed by atoms with E-state index in [2.05, 4.69) is 20.5 Å². The second-order valence-electron chi connectivity index (χ2n) is 7.16. The van der Waals surface area contributed by atoms with Crippen molar-refractivity contribution < 1.29 is 30.3 Å². The molecular formula is C18H22N6O7. The summed E-state index contributed by atoms with van der Waals surface area (Å²) in [7, 11) is 0. The Balaban J connectivity index is 2.21. The van der Waals surface area contributed by atoms with Crippen LogP contribution in [0.2, 0.25) is 0 Å². The van der Waals surface area contributed by atoms with Crippen LogP contribution in [-0.4, -0.2) is 86.2 Å². The van der Waals surface area contributed by atoms with Gasteiger partial charge in [-0.25, -0.2) is 9.67 Å². The van der Waals surface area contributed by atoms with E-state index in [4.69, 9.17) is 10.2 Å². The Hall–Kier alpha value is -3.26. The summed E-state index contributed by atoms with van der Waals surface area (Å²) in [6.07, 6.45) is -4.92. The van der Waals surface area contributed by atoms with Crippen molar-refractivity contribution in [2.75, 3.05) is 6.61 Å². The number of aliphatic carboxylic acids is 1. The zero-order valence-corrected chi connectivity index (χ0v) is 16.7.